The molecule has 6 N–H and O–H groups in total. The van der Waals surface area contributed by atoms with Crippen molar-refractivity contribution in [2.45, 2.75) is 359 Å². The number of esters is 1. The minimum atomic E-state index is -1.62. The quantitative estimate of drug-likeness (QED) is 0.0149. The fraction of sp³-hybridized carbons (Fsp3) is 0.829. The van der Waals surface area contributed by atoms with E-state index in [1.807, 2.05) is 42.5 Å². The summed E-state index contributed by atoms with van der Waals surface area (Å²) in [7, 11) is 0. The van der Waals surface area contributed by atoms with E-state index in [1.165, 1.54) is 193 Å². The summed E-state index contributed by atoms with van der Waals surface area (Å²) in [6.45, 7) is 5.66. The SMILES string of the molecule is CC/C=C/C=C/C=C/C=C\CCCCCCC(O)C(=O)NC(COC1OC(CO)C(O)C(O)C1OC(=O)CCCCCCCCCCCCCCCCCCCCCCCCCCCCC)C(O)/C=C/CCCCCCCCCCC. The molecule has 0 spiro atoms. The van der Waals surface area contributed by atoms with E-state index >= 15 is 0 Å². The zero-order valence-corrected chi connectivity index (χ0v) is 52.4. The predicted molar refractivity (Wildman–Crippen MR) is 338 cm³/mol. The van der Waals surface area contributed by atoms with E-state index < -0.39 is 67.4 Å². The highest BCUT2D eigenvalue weighted by Gasteiger charge is 2.47. The molecule has 1 heterocycles. The number of hydrogen-bond donors (Lipinski definition) is 6. The van der Waals surface area contributed by atoms with Crippen LogP contribution in [0.3, 0.4) is 0 Å². The first-order valence-corrected chi connectivity index (χ1v) is 34.1. The molecule has 1 aliphatic rings. The van der Waals surface area contributed by atoms with Crippen LogP contribution < -0.4 is 5.32 Å². The molecule has 8 unspecified atom stereocenters. The van der Waals surface area contributed by atoms with Crippen molar-refractivity contribution in [2.75, 3.05) is 13.2 Å². The Morgan fingerprint density at radius 2 is 0.889 bits per heavy atom. The monoisotopic (exact) mass is 1140 g/mol. The second-order valence-electron chi connectivity index (χ2n) is 23.6. The molecule has 472 valence electrons. The second kappa shape index (κ2) is 57.8. The Morgan fingerprint density at radius 3 is 1.33 bits per heavy atom. The zero-order chi connectivity index (χ0) is 58.9. The van der Waals surface area contributed by atoms with Crippen LogP contribution in [0.2, 0.25) is 0 Å². The van der Waals surface area contributed by atoms with E-state index in [0.29, 0.717) is 12.8 Å². The summed E-state index contributed by atoms with van der Waals surface area (Å²) < 4.78 is 17.6. The maximum Gasteiger partial charge on any atom is 0.306 e. The minimum absolute atomic E-state index is 0.123. The molecular formula is C70H127NO10. The first-order chi connectivity index (χ1) is 39.7. The van der Waals surface area contributed by atoms with Gasteiger partial charge in [0.05, 0.1) is 25.4 Å². The Balaban J connectivity index is 2.52. The van der Waals surface area contributed by atoms with Crippen LogP contribution in [0.25, 0.3) is 0 Å². The molecule has 0 aromatic rings. The minimum Gasteiger partial charge on any atom is -0.454 e. The Morgan fingerprint density at radius 1 is 0.494 bits per heavy atom. The summed E-state index contributed by atoms with van der Waals surface area (Å²) in [6.07, 6.45) is 62.9. The molecule has 0 bridgehead atoms. The van der Waals surface area contributed by atoms with Crippen LogP contribution in [0.5, 0.6) is 0 Å². The summed E-state index contributed by atoms with van der Waals surface area (Å²) in [6, 6.07) is -1.04. The van der Waals surface area contributed by atoms with Gasteiger partial charge in [0.25, 0.3) is 0 Å². The van der Waals surface area contributed by atoms with Crippen LogP contribution in [0.4, 0.5) is 0 Å². The molecule has 0 saturated carbocycles. The molecular weight excluding hydrogens is 1010 g/mol. The van der Waals surface area contributed by atoms with Crippen LogP contribution >= 0.6 is 0 Å². The van der Waals surface area contributed by atoms with E-state index in [9.17, 15) is 35.1 Å². The second-order valence-corrected chi connectivity index (χ2v) is 23.6. The summed E-state index contributed by atoms with van der Waals surface area (Å²) in [4.78, 5) is 26.6. The number of ether oxygens (including phenoxy) is 3. The number of nitrogens with one attached hydrogen (secondary N) is 1. The van der Waals surface area contributed by atoms with Crippen LogP contribution in [-0.2, 0) is 23.8 Å². The Labute approximate surface area is 497 Å². The van der Waals surface area contributed by atoms with Crippen molar-refractivity contribution in [1.82, 2.24) is 5.32 Å². The number of hydrogen-bond acceptors (Lipinski definition) is 10. The molecule has 0 aromatic carbocycles. The standard InChI is InChI=1S/C70H127NO10/c1-4-7-10-13-16-19-22-24-26-27-28-29-30-31-32-33-34-35-36-37-38-40-43-46-49-52-55-58-65(75)81-68-67(77)66(76)64(59-72)80-70(68)79-60-61(62(73)56-53-50-47-44-41-21-18-15-12-9-6-3)71-69(78)63(74)57-54-51-48-45-42-39-25-23-20-17-14-11-8-5-2/h8,11,14,17,20,23,25,39,53,56,61-64,66-68,70,72-74,76-77H,4-7,9-10,12-13,15-16,18-19,21-22,24,26-38,40-52,54-55,57-60H2,1-3H3,(H,71,78)/b11-8+,17-14+,23-20+,39-25-,56-53+. The van der Waals surface area contributed by atoms with Gasteiger partial charge in [-0.1, -0.05) is 319 Å². The van der Waals surface area contributed by atoms with Crippen molar-refractivity contribution in [3.63, 3.8) is 0 Å². The third-order valence-corrected chi connectivity index (χ3v) is 16.0. The number of rotatable bonds is 58. The summed E-state index contributed by atoms with van der Waals surface area (Å²) in [5, 5.41) is 57.0. The van der Waals surface area contributed by atoms with Gasteiger partial charge in [0.15, 0.2) is 12.4 Å². The maximum absolute atomic E-state index is 13.4. The Kier molecular flexibility index (Phi) is 54.5. The van der Waals surface area contributed by atoms with Crippen LogP contribution in [0.1, 0.15) is 310 Å². The van der Waals surface area contributed by atoms with Gasteiger partial charge >= 0.3 is 5.97 Å². The fourth-order valence-electron chi connectivity index (χ4n) is 10.7. The number of carbonyl (C=O) groups excluding carboxylic acids is 2. The normalized spacial score (nSPS) is 19.0. The van der Waals surface area contributed by atoms with Crippen molar-refractivity contribution in [3.8, 4) is 0 Å². The number of aliphatic hydroxyl groups is 5. The molecule has 11 heteroatoms. The van der Waals surface area contributed by atoms with Gasteiger partial charge in [0.2, 0.25) is 5.91 Å². The highest BCUT2D eigenvalue weighted by molar-refractivity contribution is 5.80. The molecule has 11 nitrogen and oxygen atoms in total. The molecule has 0 aromatic heterocycles. The van der Waals surface area contributed by atoms with Gasteiger partial charge in [-0.05, 0) is 44.9 Å². The molecule has 1 amide bonds. The van der Waals surface area contributed by atoms with Gasteiger partial charge in [0.1, 0.15) is 24.4 Å². The van der Waals surface area contributed by atoms with E-state index in [4.69, 9.17) is 14.2 Å². The molecule has 0 aliphatic carbocycles. The number of allylic oxidation sites excluding steroid dienone is 9. The van der Waals surface area contributed by atoms with Gasteiger partial charge in [-0.3, -0.25) is 9.59 Å². The van der Waals surface area contributed by atoms with Crippen LogP contribution in [0, 0.1) is 0 Å². The highest BCUT2D eigenvalue weighted by atomic mass is 16.7. The van der Waals surface area contributed by atoms with Crippen LogP contribution in [0.15, 0.2) is 60.8 Å². The lowest BCUT2D eigenvalue weighted by atomic mass is 9.99. The van der Waals surface area contributed by atoms with Gasteiger partial charge in [0, 0.05) is 6.42 Å². The summed E-state index contributed by atoms with van der Waals surface area (Å²) in [5.41, 5.74) is 0. The third kappa shape index (κ3) is 45.4. The lowest BCUT2D eigenvalue weighted by Crippen LogP contribution is -2.61. The summed E-state index contributed by atoms with van der Waals surface area (Å²) >= 11 is 0. The first-order valence-electron chi connectivity index (χ1n) is 34.1. The Bertz CT molecular complexity index is 1550. The molecule has 1 rings (SSSR count). The molecule has 1 aliphatic heterocycles. The van der Waals surface area contributed by atoms with Gasteiger partial charge in [-0.15, -0.1) is 0 Å². The predicted octanol–water partition coefficient (Wildman–Crippen LogP) is 17.0. The lowest BCUT2D eigenvalue weighted by Gasteiger charge is -2.41. The van der Waals surface area contributed by atoms with Crippen molar-refractivity contribution in [2.24, 2.45) is 0 Å². The summed E-state index contributed by atoms with van der Waals surface area (Å²) in [5.74, 6) is -1.21. The van der Waals surface area contributed by atoms with Crippen molar-refractivity contribution >= 4 is 11.9 Å². The number of amides is 1. The number of aliphatic hydroxyl groups excluding tert-OH is 5. The highest BCUT2D eigenvalue weighted by Crippen LogP contribution is 2.26. The van der Waals surface area contributed by atoms with E-state index in [0.717, 1.165) is 70.6 Å². The first kappa shape index (κ1) is 76.4. The maximum atomic E-state index is 13.4. The van der Waals surface area contributed by atoms with E-state index in [-0.39, 0.29) is 19.4 Å². The molecule has 1 fully saturated rings. The average Bonchev–Trinajstić information content (AvgIpc) is 3.50. The molecule has 81 heavy (non-hydrogen) atoms. The number of unbranched alkanes of at least 4 members (excludes halogenated alkanes) is 39. The molecule has 8 atom stereocenters. The smallest absolute Gasteiger partial charge is 0.306 e. The van der Waals surface area contributed by atoms with Crippen LogP contribution in [-0.4, -0.2) is 99.6 Å². The average molecular weight is 1140 g/mol. The van der Waals surface area contributed by atoms with E-state index in [2.05, 4.69) is 38.2 Å². The van der Waals surface area contributed by atoms with Crippen molar-refractivity contribution in [3.05, 3.63) is 60.8 Å². The number of carbonyl (C=O) groups is 2. The third-order valence-electron chi connectivity index (χ3n) is 16.0. The largest absolute Gasteiger partial charge is 0.454 e. The Hall–Kier alpha value is -2.64. The molecule has 0 radical (unpaired) electrons. The van der Waals surface area contributed by atoms with Gasteiger partial charge in [-0.25, -0.2) is 0 Å². The molecule has 1 saturated heterocycles. The zero-order valence-electron chi connectivity index (χ0n) is 52.4. The fourth-order valence-corrected chi connectivity index (χ4v) is 10.7. The van der Waals surface area contributed by atoms with E-state index in [1.54, 1.807) is 6.08 Å². The lowest BCUT2D eigenvalue weighted by molar-refractivity contribution is -0.305. The van der Waals surface area contributed by atoms with Crippen molar-refractivity contribution < 1.29 is 49.3 Å². The van der Waals surface area contributed by atoms with Gasteiger partial charge < -0.3 is 45.1 Å². The van der Waals surface area contributed by atoms with Gasteiger partial charge in [-0.2, -0.15) is 0 Å². The topological polar surface area (TPSA) is 175 Å². The van der Waals surface area contributed by atoms with Crippen molar-refractivity contribution in [1.29, 1.82) is 0 Å².